The molecular weight excluding hydrogens is 180 g/mol. The Morgan fingerprint density at radius 3 is 2.71 bits per heavy atom. The maximum Gasteiger partial charge on any atom is 0.153 e. The van der Waals surface area contributed by atoms with Crippen LogP contribution in [0, 0.1) is 13.8 Å². The molecule has 0 saturated carbocycles. The Morgan fingerprint density at radius 2 is 2.07 bits per heavy atom. The highest BCUT2D eigenvalue weighted by Gasteiger charge is 2.10. The van der Waals surface area contributed by atoms with Gasteiger partial charge in [-0.1, -0.05) is 0 Å². The normalized spacial score (nSPS) is 10.7. The Bertz CT molecular complexity index is 509. The van der Waals surface area contributed by atoms with Crippen LogP contribution in [0.4, 0.5) is 0 Å². The summed E-state index contributed by atoms with van der Waals surface area (Å²) in [4.78, 5) is 10.6. The van der Waals surface area contributed by atoms with Crippen LogP contribution in [0.5, 0.6) is 5.75 Å². The average molecular weight is 190 g/mol. The first kappa shape index (κ1) is 8.81. The van der Waals surface area contributed by atoms with Gasteiger partial charge in [-0.15, -0.1) is 0 Å². The highest BCUT2D eigenvalue weighted by atomic mass is 16.3. The van der Waals surface area contributed by atoms with Gasteiger partial charge in [0.25, 0.3) is 0 Å². The molecule has 0 aliphatic heterocycles. The first-order valence-electron chi connectivity index (χ1n) is 4.31. The molecular formula is C11H10O3. The lowest BCUT2D eigenvalue weighted by atomic mass is 10.1. The summed E-state index contributed by atoms with van der Waals surface area (Å²) in [5.74, 6) is 0.767. The van der Waals surface area contributed by atoms with Gasteiger partial charge in [0.05, 0.1) is 5.56 Å². The summed E-state index contributed by atoms with van der Waals surface area (Å²) in [5, 5.41) is 10.3. The van der Waals surface area contributed by atoms with Crippen molar-refractivity contribution in [1.29, 1.82) is 0 Å². The lowest BCUT2D eigenvalue weighted by Crippen LogP contribution is -1.81. The number of aryl methyl sites for hydroxylation is 2. The van der Waals surface area contributed by atoms with Crippen LogP contribution in [0.2, 0.25) is 0 Å². The summed E-state index contributed by atoms with van der Waals surface area (Å²) in [6, 6.07) is 3.11. The minimum absolute atomic E-state index is 0.0405. The molecule has 1 heterocycles. The number of hydrogen-bond donors (Lipinski definition) is 1. The van der Waals surface area contributed by atoms with E-state index in [-0.39, 0.29) is 5.75 Å². The Hall–Kier alpha value is -1.77. The van der Waals surface area contributed by atoms with Crippen molar-refractivity contribution in [2.24, 2.45) is 0 Å². The number of furan rings is 1. The molecule has 0 unspecified atom stereocenters. The van der Waals surface area contributed by atoms with Gasteiger partial charge in [-0.25, -0.2) is 0 Å². The van der Waals surface area contributed by atoms with E-state index in [0.29, 0.717) is 17.4 Å². The number of carbonyl (C=O) groups excluding carboxylic acids is 1. The lowest BCUT2D eigenvalue weighted by molar-refractivity contribution is 0.112. The van der Waals surface area contributed by atoms with E-state index < -0.39 is 0 Å². The zero-order valence-electron chi connectivity index (χ0n) is 8.00. The van der Waals surface area contributed by atoms with E-state index in [0.717, 1.165) is 16.7 Å². The van der Waals surface area contributed by atoms with Crippen molar-refractivity contribution in [3.05, 3.63) is 29.0 Å². The maximum atomic E-state index is 10.6. The highest BCUT2D eigenvalue weighted by molar-refractivity contribution is 5.91. The van der Waals surface area contributed by atoms with Gasteiger partial charge in [0.1, 0.15) is 17.1 Å². The molecule has 1 N–H and O–H groups in total. The van der Waals surface area contributed by atoms with Crippen LogP contribution in [0.15, 0.2) is 16.5 Å². The summed E-state index contributed by atoms with van der Waals surface area (Å²) in [7, 11) is 0. The predicted octanol–water partition coefficient (Wildman–Crippen LogP) is 2.57. The van der Waals surface area contributed by atoms with E-state index in [9.17, 15) is 9.90 Å². The van der Waals surface area contributed by atoms with E-state index >= 15 is 0 Å². The van der Waals surface area contributed by atoms with Gasteiger partial charge < -0.3 is 9.52 Å². The van der Waals surface area contributed by atoms with Crippen molar-refractivity contribution in [3.8, 4) is 5.75 Å². The molecule has 0 saturated heterocycles. The SMILES string of the molecule is Cc1oc2cc(O)c(C=O)cc2c1C. The number of benzene rings is 1. The third-order valence-corrected chi connectivity index (χ3v) is 2.45. The standard InChI is InChI=1S/C11H10O3/c1-6-7(2)14-11-4-10(13)8(5-12)3-9(6)11/h3-5,13H,1-2H3. The van der Waals surface area contributed by atoms with E-state index in [1.165, 1.54) is 6.07 Å². The second kappa shape index (κ2) is 2.87. The monoisotopic (exact) mass is 190 g/mol. The molecule has 3 heteroatoms. The van der Waals surface area contributed by atoms with Crippen LogP contribution in [0.1, 0.15) is 21.7 Å². The topological polar surface area (TPSA) is 50.4 Å². The molecule has 0 spiro atoms. The summed E-state index contributed by atoms with van der Waals surface area (Å²) in [6.07, 6.45) is 0.635. The van der Waals surface area contributed by atoms with Gasteiger partial charge >= 0.3 is 0 Å². The van der Waals surface area contributed by atoms with Crippen LogP contribution < -0.4 is 0 Å². The number of carbonyl (C=O) groups is 1. The van der Waals surface area contributed by atoms with E-state index in [2.05, 4.69) is 0 Å². The Kier molecular flexibility index (Phi) is 1.81. The smallest absolute Gasteiger partial charge is 0.153 e. The van der Waals surface area contributed by atoms with Gasteiger partial charge in [-0.3, -0.25) is 4.79 Å². The Labute approximate surface area is 81.0 Å². The number of hydrogen-bond acceptors (Lipinski definition) is 3. The number of rotatable bonds is 1. The number of aromatic hydroxyl groups is 1. The van der Waals surface area contributed by atoms with Gasteiger partial charge in [0.2, 0.25) is 0 Å². The molecule has 0 amide bonds. The molecule has 0 atom stereocenters. The molecule has 0 fully saturated rings. The molecule has 1 aromatic carbocycles. The molecule has 2 rings (SSSR count). The van der Waals surface area contributed by atoms with Crippen molar-refractivity contribution in [2.45, 2.75) is 13.8 Å². The summed E-state index contributed by atoms with van der Waals surface area (Å²) < 4.78 is 5.40. The van der Waals surface area contributed by atoms with Crippen LogP contribution in [-0.2, 0) is 0 Å². The minimum Gasteiger partial charge on any atom is -0.507 e. The summed E-state index contributed by atoms with van der Waals surface area (Å²) in [5.41, 5.74) is 1.91. The molecule has 0 aliphatic carbocycles. The quantitative estimate of drug-likeness (QED) is 0.703. The van der Waals surface area contributed by atoms with Gasteiger partial charge in [-0.05, 0) is 25.5 Å². The average Bonchev–Trinajstić information content (AvgIpc) is 2.41. The molecule has 14 heavy (non-hydrogen) atoms. The highest BCUT2D eigenvalue weighted by Crippen LogP contribution is 2.29. The van der Waals surface area contributed by atoms with Crippen LogP contribution >= 0.6 is 0 Å². The largest absolute Gasteiger partial charge is 0.507 e. The maximum absolute atomic E-state index is 10.6. The lowest BCUT2D eigenvalue weighted by Gasteiger charge is -1.96. The van der Waals surface area contributed by atoms with Gasteiger partial charge in [0, 0.05) is 11.5 Å². The number of phenols is 1. The molecule has 0 aliphatic rings. The van der Waals surface area contributed by atoms with Crippen molar-refractivity contribution in [1.82, 2.24) is 0 Å². The van der Waals surface area contributed by atoms with Crippen LogP contribution in [0.25, 0.3) is 11.0 Å². The fraction of sp³-hybridized carbons (Fsp3) is 0.182. The van der Waals surface area contributed by atoms with Crippen molar-refractivity contribution in [2.75, 3.05) is 0 Å². The third kappa shape index (κ3) is 1.09. The molecule has 2 aromatic rings. The fourth-order valence-electron chi connectivity index (χ4n) is 1.49. The second-order valence-corrected chi connectivity index (χ2v) is 3.31. The van der Waals surface area contributed by atoms with Gasteiger partial charge in [-0.2, -0.15) is 0 Å². The van der Waals surface area contributed by atoms with E-state index in [4.69, 9.17) is 4.42 Å². The summed E-state index contributed by atoms with van der Waals surface area (Å²) in [6.45, 7) is 3.78. The molecule has 3 nitrogen and oxygen atoms in total. The zero-order valence-corrected chi connectivity index (χ0v) is 8.00. The van der Waals surface area contributed by atoms with Crippen molar-refractivity contribution < 1.29 is 14.3 Å². The van der Waals surface area contributed by atoms with E-state index in [1.54, 1.807) is 6.07 Å². The van der Waals surface area contributed by atoms with Crippen molar-refractivity contribution >= 4 is 17.3 Å². The molecule has 1 aromatic heterocycles. The third-order valence-electron chi connectivity index (χ3n) is 2.45. The van der Waals surface area contributed by atoms with Crippen LogP contribution in [0.3, 0.4) is 0 Å². The molecule has 0 radical (unpaired) electrons. The van der Waals surface area contributed by atoms with Crippen LogP contribution in [-0.4, -0.2) is 11.4 Å². The predicted molar refractivity (Wildman–Crippen MR) is 52.7 cm³/mol. The second-order valence-electron chi connectivity index (χ2n) is 3.31. The first-order valence-corrected chi connectivity index (χ1v) is 4.31. The molecule has 72 valence electrons. The van der Waals surface area contributed by atoms with E-state index in [1.807, 2.05) is 13.8 Å². The number of phenolic OH excluding ortho intramolecular Hbond substituents is 1. The number of aldehydes is 1. The fourth-order valence-corrected chi connectivity index (χ4v) is 1.49. The van der Waals surface area contributed by atoms with Gasteiger partial charge in [0.15, 0.2) is 6.29 Å². The Balaban J connectivity index is 2.86. The minimum atomic E-state index is -0.0405. The Morgan fingerprint density at radius 1 is 1.36 bits per heavy atom. The summed E-state index contributed by atoms with van der Waals surface area (Å²) >= 11 is 0. The zero-order chi connectivity index (χ0) is 10.3. The first-order chi connectivity index (χ1) is 6.63. The molecule has 0 bridgehead atoms. The van der Waals surface area contributed by atoms with Crippen molar-refractivity contribution in [3.63, 3.8) is 0 Å². The number of fused-ring (bicyclic) bond motifs is 1.